The maximum absolute atomic E-state index is 12.5. The van der Waals surface area contributed by atoms with Gasteiger partial charge in [0.15, 0.2) is 0 Å². The van der Waals surface area contributed by atoms with Crippen molar-refractivity contribution in [1.29, 1.82) is 0 Å². The minimum absolute atomic E-state index is 0.131. The number of benzene rings is 1. The van der Waals surface area contributed by atoms with Crippen molar-refractivity contribution in [3.8, 4) is 0 Å². The first kappa shape index (κ1) is 18.7. The number of hydrogen-bond acceptors (Lipinski definition) is 4. The lowest BCUT2D eigenvalue weighted by Gasteiger charge is -2.24. The Hall–Kier alpha value is -3.05. The summed E-state index contributed by atoms with van der Waals surface area (Å²) in [5, 5.41) is 2.87. The summed E-state index contributed by atoms with van der Waals surface area (Å²) in [6, 6.07) is 17.7. The molecule has 0 saturated heterocycles. The highest BCUT2D eigenvalue weighted by molar-refractivity contribution is 6.04. The van der Waals surface area contributed by atoms with Gasteiger partial charge in [0.2, 0.25) is 0 Å². The number of aromatic nitrogens is 2. The van der Waals surface area contributed by atoms with E-state index in [1.165, 1.54) is 0 Å². The Balaban J connectivity index is 1.62. The molecule has 0 fully saturated rings. The Bertz CT molecular complexity index is 868. The number of rotatable bonds is 7. The summed E-state index contributed by atoms with van der Waals surface area (Å²) in [5.41, 5.74) is 3.52. The van der Waals surface area contributed by atoms with E-state index in [-0.39, 0.29) is 5.91 Å². The predicted molar refractivity (Wildman–Crippen MR) is 108 cm³/mol. The molecule has 0 aliphatic carbocycles. The molecule has 1 amide bonds. The topological polar surface area (TPSA) is 58.1 Å². The SMILES string of the molecule is CC(Cc1ccccn1)N(C)Cc1cccc(C(=O)Nc2cccnc2)c1. The molecule has 1 atom stereocenters. The van der Waals surface area contributed by atoms with Gasteiger partial charge < -0.3 is 5.32 Å². The van der Waals surface area contributed by atoms with E-state index in [0.717, 1.165) is 24.2 Å². The summed E-state index contributed by atoms with van der Waals surface area (Å²) in [6.07, 6.45) is 6.03. The third-order valence-electron chi connectivity index (χ3n) is 4.52. The number of nitrogens with zero attached hydrogens (tertiary/aromatic N) is 3. The lowest BCUT2D eigenvalue weighted by molar-refractivity contribution is 0.102. The third-order valence-corrected chi connectivity index (χ3v) is 4.52. The summed E-state index contributed by atoms with van der Waals surface area (Å²) in [5.74, 6) is -0.131. The number of pyridine rings is 2. The first-order valence-corrected chi connectivity index (χ1v) is 9.02. The van der Waals surface area contributed by atoms with Crippen LogP contribution in [0.25, 0.3) is 0 Å². The van der Waals surface area contributed by atoms with Gasteiger partial charge in [-0.05, 0) is 55.9 Å². The Labute approximate surface area is 160 Å². The quantitative estimate of drug-likeness (QED) is 0.696. The van der Waals surface area contributed by atoms with Gasteiger partial charge in [-0.3, -0.25) is 19.7 Å². The van der Waals surface area contributed by atoms with Crippen molar-refractivity contribution in [2.45, 2.75) is 25.9 Å². The molecule has 1 aromatic carbocycles. The lowest BCUT2D eigenvalue weighted by atomic mass is 10.1. The van der Waals surface area contributed by atoms with Gasteiger partial charge in [0.25, 0.3) is 5.91 Å². The Morgan fingerprint density at radius 2 is 2.00 bits per heavy atom. The highest BCUT2D eigenvalue weighted by Gasteiger charge is 2.13. The number of nitrogens with one attached hydrogen (secondary N) is 1. The number of amides is 1. The smallest absolute Gasteiger partial charge is 0.255 e. The van der Waals surface area contributed by atoms with Crippen LogP contribution in [0.1, 0.15) is 28.5 Å². The van der Waals surface area contributed by atoms with Crippen molar-refractivity contribution in [2.24, 2.45) is 0 Å². The van der Waals surface area contributed by atoms with Crippen LogP contribution in [0.5, 0.6) is 0 Å². The van der Waals surface area contributed by atoms with E-state index in [4.69, 9.17) is 0 Å². The number of carbonyl (C=O) groups is 1. The van der Waals surface area contributed by atoms with Gasteiger partial charge in [-0.2, -0.15) is 0 Å². The maximum atomic E-state index is 12.5. The molecule has 1 N–H and O–H groups in total. The zero-order valence-corrected chi connectivity index (χ0v) is 15.7. The monoisotopic (exact) mass is 360 g/mol. The molecule has 0 aliphatic heterocycles. The van der Waals surface area contributed by atoms with Gasteiger partial charge in [-0.25, -0.2) is 0 Å². The Kier molecular flexibility index (Phi) is 6.28. The van der Waals surface area contributed by atoms with Crippen LogP contribution >= 0.6 is 0 Å². The largest absolute Gasteiger partial charge is 0.321 e. The van der Waals surface area contributed by atoms with Gasteiger partial charge in [0, 0.05) is 42.7 Å². The molecular formula is C22H24N4O. The highest BCUT2D eigenvalue weighted by Crippen LogP contribution is 2.13. The molecule has 3 aromatic rings. The van der Waals surface area contributed by atoms with Crippen molar-refractivity contribution >= 4 is 11.6 Å². The summed E-state index contributed by atoms with van der Waals surface area (Å²) >= 11 is 0. The molecule has 0 radical (unpaired) electrons. The zero-order chi connectivity index (χ0) is 19.1. The van der Waals surface area contributed by atoms with E-state index in [0.29, 0.717) is 17.3 Å². The fourth-order valence-electron chi connectivity index (χ4n) is 2.87. The second-order valence-corrected chi connectivity index (χ2v) is 6.69. The lowest BCUT2D eigenvalue weighted by Crippen LogP contribution is -2.30. The van der Waals surface area contributed by atoms with Crippen LogP contribution in [0, 0.1) is 0 Å². The molecule has 3 rings (SSSR count). The average molecular weight is 360 g/mol. The van der Waals surface area contributed by atoms with Crippen molar-refractivity contribution < 1.29 is 4.79 Å². The minimum atomic E-state index is -0.131. The van der Waals surface area contributed by atoms with Crippen LogP contribution in [-0.4, -0.2) is 33.9 Å². The molecule has 5 nitrogen and oxygen atoms in total. The van der Waals surface area contributed by atoms with E-state index < -0.39 is 0 Å². The Morgan fingerprint density at radius 1 is 1.11 bits per heavy atom. The van der Waals surface area contributed by atoms with Crippen LogP contribution in [0.3, 0.4) is 0 Å². The van der Waals surface area contributed by atoms with E-state index in [1.807, 2.05) is 54.7 Å². The molecule has 0 spiro atoms. The number of anilines is 1. The van der Waals surface area contributed by atoms with E-state index >= 15 is 0 Å². The fraction of sp³-hybridized carbons (Fsp3) is 0.227. The molecule has 0 saturated carbocycles. The minimum Gasteiger partial charge on any atom is -0.321 e. The molecule has 1 unspecified atom stereocenters. The van der Waals surface area contributed by atoms with Crippen molar-refractivity contribution in [3.05, 3.63) is 90.0 Å². The van der Waals surface area contributed by atoms with Crippen molar-refractivity contribution in [2.75, 3.05) is 12.4 Å². The predicted octanol–water partition coefficient (Wildman–Crippen LogP) is 3.79. The van der Waals surface area contributed by atoms with E-state index in [1.54, 1.807) is 18.5 Å². The van der Waals surface area contributed by atoms with Gasteiger partial charge in [0.05, 0.1) is 11.9 Å². The molecule has 0 aliphatic rings. The summed E-state index contributed by atoms with van der Waals surface area (Å²) < 4.78 is 0. The molecule has 2 aromatic heterocycles. The van der Waals surface area contributed by atoms with Gasteiger partial charge in [0.1, 0.15) is 0 Å². The van der Waals surface area contributed by atoms with Crippen LogP contribution in [0.4, 0.5) is 5.69 Å². The summed E-state index contributed by atoms with van der Waals surface area (Å²) in [7, 11) is 2.09. The average Bonchev–Trinajstić information content (AvgIpc) is 2.69. The summed E-state index contributed by atoms with van der Waals surface area (Å²) in [6.45, 7) is 2.95. The van der Waals surface area contributed by atoms with Crippen molar-refractivity contribution in [3.63, 3.8) is 0 Å². The fourth-order valence-corrected chi connectivity index (χ4v) is 2.87. The van der Waals surface area contributed by atoms with Gasteiger partial charge in [-0.15, -0.1) is 0 Å². The molecule has 0 bridgehead atoms. The normalized spacial score (nSPS) is 12.0. The maximum Gasteiger partial charge on any atom is 0.255 e. The molecule has 138 valence electrons. The number of hydrogen-bond donors (Lipinski definition) is 1. The first-order chi connectivity index (χ1) is 13.1. The summed E-state index contributed by atoms with van der Waals surface area (Å²) in [4.78, 5) is 23.2. The number of carbonyl (C=O) groups excluding carboxylic acids is 1. The Morgan fingerprint density at radius 3 is 2.74 bits per heavy atom. The molecule has 2 heterocycles. The molecule has 27 heavy (non-hydrogen) atoms. The van der Waals surface area contributed by atoms with Crippen LogP contribution in [0.15, 0.2) is 73.2 Å². The first-order valence-electron chi connectivity index (χ1n) is 9.02. The van der Waals surface area contributed by atoms with E-state index in [2.05, 4.69) is 34.2 Å². The molecule has 5 heteroatoms. The molecular weight excluding hydrogens is 336 g/mol. The van der Waals surface area contributed by atoms with E-state index in [9.17, 15) is 4.79 Å². The zero-order valence-electron chi connectivity index (χ0n) is 15.7. The third kappa shape index (κ3) is 5.46. The van der Waals surface area contributed by atoms with Crippen LogP contribution in [-0.2, 0) is 13.0 Å². The van der Waals surface area contributed by atoms with Gasteiger partial charge in [-0.1, -0.05) is 18.2 Å². The highest BCUT2D eigenvalue weighted by atomic mass is 16.1. The number of likely N-dealkylation sites (N-methyl/N-ethyl adjacent to an activating group) is 1. The van der Waals surface area contributed by atoms with Gasteiger partial charge >= 0.3 is 0 Å². The second kappa shape index (κ2) is 9.05. The van der Waals surface area contributed by atoms with Crippen molar-refractivity contribution in [1.82, 2.24) is 14.9 Å². The second-order valence-electron chi connectivity index (χ2n) is 6.69. The van der Waals surface area contributed by atoms with Crippen LogP contribution in [0.2, 0.25) is 0 Å². The standard InChI is InChI=1S/C22H24N4O/c1-17(13-20-9-3-4-12-24-20)26(2)16-18-7-5-8-19(14-18)22(27)25-21-10-6-11-23-15-21/h3-12,14-15,17H,13,16H2,1-2H3,(H,25,27). The van der Waals surface area contributed by atoms with Crippen LogP contribution < -0.4 is 5.32 Å².